The quantitative estimate of drug-likeness (QED) is 0.889. The summed E-state index contributed by atoms with van der Waals surface area (Å²) in [6.45, 7) is 1.09. The van der Waals surface area contributed by atoms with E-state index in [-0.39, 0.29) is 0 Å². The summed E-state index contributed by atoms with van der Waals surface area (Å²) in [5.74, 6) is -2.36. The van der Waals surface area contributed by atoms with E-state index in [9.17, 15) is 26.4 Å². The molecule has 6 nitrogen and oxygen atoms in total. The van der Waals surface area contributed by atoms with Gasteiger partial charge in [-0.15, -0.1) is 13.2 Å². The fourth-order valence-corrected chi connectivity index (χ4v) is 2.82. The number of rotatable bonds is 5. The van der Waals surface area contributed by atoms with Crippen molar-refractivity contribution in [3.8, 4) is 5.75 Å². The zero-order chi connectivity index (χ0) is 16.4. The maximum Gasteiger partial charge on any atom is 0.573 e. The molecule has 1 atom stereocenters. The molecule has 0 saturated heterocycles. The summed E-state index contributed by atoms with van der Waals surface area (Å²) in [6, 6.07) is 2.66. The average molecular weight is 327 g/mol. The Morgan fingerprint density at radius 3 is 2.33 bits per heavy atom. The number of benzene rings is 1. The Balaban J connectivity index is 3.29. The first kappa shape index (κ1) is 17.2. The number of hydrogen-bond acceptors (Lipinski definition) is 4. The zero-order valence-corrected chi connectivity index (χ0v) is 11.8. The molecule has 0 aliphatic heterocycles. The first-order valence-electron chi connectivity index (χ1n) is 5.52. The Morgan fingerprint density at radius 1 is 1.33 bits per heavy atom. The molecule has 1 aromatic rings. The van der Waals surface area contributed by atoms with Crippen LogP contribution in [0.3, 0.4) is 0 Å². The van der Waals surface area contributed by atoms with Crippen molar-refractivity contribution in [2.45, 2.75) is 24.2 Å². The van der Waals surface area contributed by atoms with Crippen LogP contribution >= 0.6 is 0 Å². The Labute approximate surface area is 118 Å². The maximum atomic E-state index is 12.3. The van der Waals surface area contributed by atoms with Crippen molar-refractivity contribution >= 4 is 16.0 Å². The average Bonchev–Trinajstić information content (AvgIpc) is 2.35. The topological polar surface area (TPSA) is 83.9 Å². The second kappa shape index (κ2) is 5.90. The Hall–Kier alpha value is -1.81. The summed E-state index contributed by atoms with van der Waals surface area (Å²) in [4.78, 5) is 10.0. The number of nitrogens with zero attached hydrogens (tertiary/aromatic N) is 1. The van der Waals surface area contributed by atoms with Crippen molar-refractivity contribution in [3.63, 3.8) is 0 Å². The van der Waals surface area contributed by atoms with Gasteiger partial charge in [-0.2, -0.15) is 4.31 Å². The van der Waals surface area contributed by atoms with E-state index in [0.29, 0.717) is 4.31 Å². The van der Waals surface area contributed by atoms with E-state index in [0.717, 1.165) is 26.1 Å². The highest BCUT2D eigenvalue weighted by molar-refractivity contribution is 7.89. The van der Waals surface area contributed by atoms with Gasteiger partial charge in [-0.3, -0.25) is 4.79 Å². The van der Waals surface area contributed by atoms with E-state index in [1.165, 1.54) is 12.1 Å². The van der Waals surface area contributed by atoms with Gasteiger partial charge in [0.25, 0.3) is 0 Å². The fourth-order valence-electron chi connectivity index (χ4n) is 1.39. The number of carbonyl (C=O) groups is 1. The van der Waals surface area contributed by atoms with Crippen LogP contribution in [-0.2, 0) is 14.8 Å². The Morgan fingerprint density at radius 2 is 1.86 bits per heavy atom. The highest BCUT2D eigenvalue weighted by Crippen LogP contribution is 2.31. The number of aliphatic carboxylic acids is 1. The molecule has 0 spiro atoms. The molecule has 0 radical (unpaired) electrons. The molecule has 1 aromatic carbocycles. The molecule has 1 rings (SSSR count). The largest absolute Gasteiger partial charge is 0.573 e. The highest BCUT2D eigenvalue weighted by atomic mass is 32.2. The van der Waals surface area contributed by atoms with Crippen LogP contribution in [0.25, 0.3) is 0 Å². The minimum Gasteiger partial charge on any atom is -0.480 e. The molecule has 0 aliphatic carbocycles. The normalized spacial score (nSPS) is 14.0. The van der Waals surface area contributed by atoms with Gasteiger partial charge >= 0.3 is 12.3 Å². The number of halogens is 3. The predicted molar refractivity (Wildman–Crippen MR) is 65.2 cm³/mol. The number of likely N-dealkylation sites (N-methyl/N-ethyl adjacent to an activating group) is 1. The summed E-state index contributed by atoms with van der Waals surface area (Å²) < 4.78 is 65.3. The van der Waals surface area contributed by atoms with E-state index in [1.54, 1.807) is 0 Å². The molecule has 118 valence electrons. The van der Waals surface area contributed by atoms with Gasteiger partial charge in [-0.05, 0) is 19.1 Å². The lowest BCUT2D eigenvalue weighted by atomic mass is 10.3. The minimum absolute atomic E-state index is 0.452. The summed E-state index contributed by atoms with van der Waals surface area (Å²) in [5, 5.41) is 8.80. The van der Waals surface area contributed by atoms with Crippen LogP contribution in [0.2, 0.25) is 0 Å². The van der Waals surface area contributed by atoms with Gasteiger partial charge < -0.3 is 9.84 Å². The second-order valence-corrected chi connectivity index (χ2v) is 6.00. The van der Waals surface area contributed by atoms with E-state index in [1.807, 2.05) is 0 Å². The van der Waals surface area contributed by atoms with Gasteiger partial charge in [0.15, 0.2) is 0 Å². The van der Waals surface area contributed by atoms with E-state index in [4.69, 9.17) is 5.11 Å². The molecular weight excluding hydrogens is 315 g/mol. The molecule has 0 saturated carbocycles. The third kappa shape index (κ3) is 4.08. The molecule has 1 unspecified atom stereocenters. The van der Waals surface area contributed by atoms with Crippen molar-refractivity contribution in [3.05, 3.63) is 24.3 Å². The highest BCUT2D eigenvalue weighted by Gasteiger charge is 2.36. The number of carboxylic acid groups (broad SMARTS) is 1. The number of para-hydroxylation sites is 1. The monoisotopic (exact) mass is 327 g/mol. The first-order chi connectivity index (χ1) is 9.47. The van der Waals surface area contributed by atoms with Gasteiger partial charge in [0.2, 0.25) is 10.0 Å². The van der Waals surface area contributed by atoms with Crippen molar-refractivity contribution in [2.75, 3.05) is 7.05 Å². The van der Waals surface area contributed by atoms with Crippen molar-refractivity contribution in [1.82, 2.24) is 4.31 Å². The molecule has 0 aromatic heterocycles. The molecule has 0 amide bonds. The fraction of sp³-hybridized carbons (Fsp3) is 0.364. The lowest BCUT2D eigenvalue weighted by Gasteiger charge is -2.22. The van der Waals surface area contributed by atoms with Crippen LogP contribution < -0.4 is 4.74 Å². The lowest BCUT2D eigenvalue weighted by Crippen LogP contribution is -2.40. The Kier molecular flexibility index (Phi) is 4.84. The molecule has 21 heavy (non-hydrogen) atoms. The third-order valence-electron chi connectivity index (χ3n) is 2.63. The smallest absolute Gasteiger partial charge is 0.480 e. The third-order valence-corrected chi connectivity index (χ3v) is 4.60. The number of hydrogen-bond donors (Lipinski definition) is 1. The summed E-state index contributed by atoms with van der Waals surface area (Å²) in [5.41, 5.74) is 0. The molecule has 0 fully saturated rings. The van der Waals surface area contributed by atoms with E-state index < -0.39 is 39.0 Å². The summed E-state index contributed by atoms with van der Waals surface area (Å²) in [6.07, 6.45) is -5.07. The SMILES string of the molecule is CC(C(=O)O)N(C)S(=O)(=O)c1ccccc1OC(F)(F)F. The summed E-state index contributed by atoms with van der Waals surface area (Å²) >= 11 is 0. The standard InChI is InChI=1S/C11H12F3NO5S/c1-7(10(16)17)15(2)21(18,19)9-6-4-3-5-8(9)20-11(12,13)14/h3-7H,1-2H3,(H,16,17). The lowest BCUT2D eigenvalue weighted by molar-refractivity contribution is -0.275. The number of alkyl halides is 3. The number of carboxylic acids is 1. The minimum atomic E-state index is -5.07. The molecule has 0 aliphatic rings. The van der Waals surface area contributed by atoms with Crippen LogP contribution in [0.1, 0.15) is 6.92 Å². The van der Waals surface area contributed by atoms with Gasteiger partial charge in [0.1, 0.15) is 16.7 Å². The molecule has 0 heterocycles. The van der Waals surface area contributed by atoms with Crippen molar-refractivity contribution in [1.29, 1.82) is 0 Å². The number of ether oxygens (including phenoxy) is 1. The number of sulfonamides is 1. The van der Waals surface area contributed by atoms with Crippen LogP contribution in [-0.4, -0.2) is 43.3 Å². The molecular formula is C11H12F3NO5S. The molecule has 1 N–H and O–H groups in total. The van der Waals surface area contributed by atoms with Crippen molar-refractivity contribution < 1.29 is 36.2 Å². The van der Waals surface area contributed by atoms with Crippen LogP contribution in [0.4, 0.5) is 13.2 Å². The van der Waals surface area contributed by atoms with Crippen LogP contribution in [0, 0.1) is 0 Å². The van der Waals surface area contributed by atoms with E-state index in [2.05, 4.69) is 4.74 Å². The molecule has 0 bridgehead atoms. The summed E-state index contributed by atoms with van der Waals surface area (Å²) in [7, 11) is -3.50. The molecule has 10 heteroatoms. The zero-order valence-electron chi connectivity index (χ0n) is 11.0. The van der Waals surface area contributed by atoms with Crippen molar-refractivity contribution in [2.24, 2.45) is 0 Å². The van der Waals surface area contributed by atoms with Crippen LogP contribution in [0.5, 0.6) is 5.75 Å². The first-order valence-corrected chi connectivity index (χ1v) is 6.96. The van der Waals surface area contributed by atoms with Gasteiger partial charge in [0.05, 0.1) is 0 Å². The van der Waals surface area contributed by atoms with Gasteiger partial charge in [-0.25, -0.2) is 8.42 Å². The van der Waals surface area contributed by atoms with Crippen LogP contribution in [0.15, 0.2) is 29.2 Å². The second-order valence-electron chi connectivity index (χ2n) is 4.03. The van der Waals surface area contributed by atoms with Gasteiger partial charge in [-0.1, -0.05) is 12.1 Å². The Bertz CT molecular complexity index is 629. The van der Waals surface area contributed by atoms with E-state index >= 15 is 0 Å². The maximum absolute atomic E-state index is 12.3. The predicted octanol–water partition coefficient (Wildman–Crippen LogP) is 1.68. The van der Waals surface area contributed by atoms with Gasteiger partial charge in [0, 0.05) is 7.05 Å².